The Balaban J connectivity index is 1.71. The summed E-state index contributed by atoms with van der Waals surface area (Å²) in [5, 5.41) is 8.81. The zero-order valence-electron chi connectivity index (χ0n) is 19.6. The average Bonchev–Trinajstić information content (AvgIpc) is 3.31. The summed E-state index contributed by atoms with van der Waals surface area (Å²) in [5.41, 5.74) is 1.16. The lowest BCUT2D eigenvalue weighted by atomic mass is 10.2. The van der Waals surface area contributed by atoms with Crippen molar-refractivity contribution in [1.29, 1.82) is 0 Å². The van der Waals surface area contributed by atoms with Crippen LogP contribution in [0.5, 0.6) is 17.4 Å². The van der Waals surface area contributed by atoms with Crippen molar-refractivity contribution in [2.45, 2.75) is 18.6 Å². The third-order valence-electron chi connectivity index (χ3n) is 4.95. The number of ether oxygens (including phenoxy) is 3. The molecular weight excluding hydrogens is 473 g/mol. The van der Waals surface area contributed by atoms with Crippen molar-refractivity contribution in [3.63, 3.8) is 0 Å². The smallest absolute Gasteiger partial charge is 0.239 e. The highest BCUT2D eigenvalue weighted by atomic mass is 32.2. The van der Waals surface area contributed by atoms with E-state index in [9.17, 15) is 4.39 Å². The maximum Gasteiger partial charge on any atom is 0.239 e. The molecule has 0 amide bonds. The van der Waals surface area contributed by atoms with Crippen LogP contribution in [0.15, 0.2) is 48.8 Å². The summed E-state index contributed by atoms with van der Waals surface area (Å²) in [7, 11) is 4.72. The van der Waals surface area contributed by atoms with E-state index in [0.717, 1.165) is 12.4 Å². The van der Waals surface area contributed by atoms with Crippen LogP contribution in [0.3, 0.4) is 0 Å². The Morgan fingerprint density at radius 1 is 0.971 bits per heavy atom. The molecule has 0 saturated heterocycles. The van der Waals surface area contributed by atoms with Crippen LogP contribution < -0.4 is 18.9 Å². The number of rotatable bonds is 10. The van der Waals surface area contributed by atoms with Crippen molar-refractivity contribution in [2.75, 3.05) is 26.1 Å². The van der Waals surface area contributed by atoms with Gasteiger partial charge in [-0.1, -0.05) is 19.1 Å². The van der Waals surface area contributed by atoms with E-state index in [1.807, 2.05) is 37.3 Å². The number of methoxy groups -OCH3 is 3. The van der Waals surface area contributed by atoms with Crippen molar-refractivity contribution >= 4 is 17.9 Å². The van der Waals surface area contributed by atoms with Crippen LogP contribution in [-0.2, 0) is 6.42 Å². The van der Waals surface area contributed by atoms with E-state index in [1.54, 1.807) is 32.0 Å². The molecule has 10 nitrogen and oxygen atoms in total. The molecule has 35 heavy (non-hydrogen) atoms. The van der Waals surface area contributed by atoms with Gasteiger partial charge in [-0.15, -0.1) is 10.2 Å². The molecule has 0 spiro atoms. The number of nitrogens with zero attached hydrogens (tertiary/aromatic N) is 6. The lowest BCUT2D eigenvalue weighted by Gasteiger charge is -2.18. The largest absolute Gasteiger partial charge is 0.494 e. The molecule has 0 aliphatic carbocycles. The first-order chi connectivity index (χ1) is 17.0. The van der Waals surface area contributed by atoms with Gasteiger partial charge in [-0.05, 0) is 30.1 Å². The SMILES string of the molecule is COc1cccc(-c2nnc(NSC(C)Cc3ncc(F)cn3)n2-c2c(OC)cccc2OC)n1. The maximum absolute atomic E-state index is 13.1. The molecule has 1 atom stereocenters. The number of hydrogen-bond donors (Lipinski definition) is 1. The van der Waals surface area contributed by atoms with Gasteiger partial charge >= 0.3 is 0 Å². The van der Waals surface area contributed by atoms with Crippen molar-refractivity contribution in [2.24, 2.45) is 0 Å². The van der Waals surface area contributed by atoms with Crippen molar-refractivity contribution in [1.82, 2.24) is 29.7 Å². The zero-order valence-corrected chi connectivity index (χ0v) is 20.4. The van der Waals surface area contributed by atoms with E-state index >= 15 is 0 Å². The Morgan fingerprint density at radius 3 is 2.31 bits per heavy atom. The summed E-state index contributed by atoms with van der Waals surface area (Å²) in [5.74, 6) is 2.55. The van der Waals surface area contributed by atoms with Gasteiger partial charge in [0.15, 0.2) is 11.6 Å². The minimum Gasteiger partial charge on any atom is -0.494 e. The highest BCUT2D eigenvalue weighted by Gasteiger charge is 2.24. The van der Waals surface area contributed by atoms with Crippen molar-refractivity contribution in [3.05, 3.63) is 60.4 Å². The molecule has 1 unspecified atom stereocenters. The number of aromatic nitrogens is 6. The first-order valence-electron chi connectivity index (χ1n) is 10.6. The third-order valence-corrected chi connectivity index (χ3v) is 5.81. The van der Waals surface area contributed by atoms with Gasteiger partial charge in [0.05, 0.1) is 33.7 Å². The second kappa shape index (κ2) is 11.0. The fourth-order valence-corrected chi connectivity index (χ4v) is 4.00. The van der Waals surface area contributed by atoms with E-state index in [1.165, 1.54) is 11.9 Å². The first-order valence-corrected chi connectivity index (χ1v) is 11.5. The number of para-hydroxylation sites is 1. The van der Waals surface area contributed by atoms with Crippen LogP contribution in [0, 0.1) is 5.82 Å². The molecular formula is C23H24FN7O3S. The number of pyridine rings is 1. The highest BCUT2D eigenvalue weighted by molar-refractivity contribution is 8.01. The van der Waals surface area contributed by atoms with Crippen LogP contribution in [0.25, 0.3) is 17.2 Å². The molecule has 0 saturated carbocycles. The van der Waals surface area contributed by atoms with Crippen LogP contribution >= 0.6 is 11.9 Å². The molecule has 0 aliphatic rings. The normalized spacial score (nSPS) is 11.7. The molecule has 3 aromatic heterocycles. The molecule has 1 aromatic carbocycles. The van der Waals surface area contributed by atoms with Crippen LogP contribution in [0.4, 0.5) is 10.3 Å². The number of anilines is 1. The molecule has 0 aliphatic heterocycles. The Labute approximate surface area is 206 Å². The second-order valence-electron chi connectivity index (χ2n) is 7.31. The van der Waals surface area contributed by atoms with Crippen molar-refractivity contribution in [3.8, 4) is 34.6 Å². The van der Waals surface area contributed by atoms with E-state index in [-0.39, 0.29) is 5.25 Å². The van der Waals surface area contributed by atoms with E-state index in [4.69, 9.17) is 14.2 Å². The fraction of sp³-hybridized carbons (Fsp3) is 0.261. The molecule has 4 rings (SSSR count). The lowest BCUT2D eigenvalue weighted by molar-refractivity contribution is 0.391. The van der Waals surface area contributed by atoms with E-state index in [2.05, 4.69) is 29.9 Å². The Kier molecular flexibility index (Phi) is 7.60. The van der Waals surface area contributed by atoms with Crippen molar-refractivity contribution < 1.29 is 18.6 Å². The second-order valence-corrected chi connectivity index (χ2v) is 8.56. The molecule has 0 bridgehead atoms. The number of benzene rings is 1. The van der Waals surface area contributed by atoms with Gasteiger partial charge in [-0.3, -0.25) is 9.29 Å². The first kappa shape index (κ1) is 24.2. The Bertz CT molecular complexity index is 1260. The minimum absolute atomic E-state index is 0.0311. The number of halogens is 1. The van der Waals surface area contributed by atoms with Gasteiger partial charge < -0.3 is 14.2 Å². The summed E-state index contributed by atoms with van der Waals surface area (Å²) in [6, 6.07) is 10.9. The van der Waals surface area contributed by atoms with Gasteiger partial charge in [0.1, 0.15) is 28.7 Å². The summed E-state index contributed by atoms with van der Waals surface area (Å²) in [6.45, 7) is 2.00. The Morgan fingerprint density at radius 2 is 1.66 bits per heavy atom. The third kappa shape index (κ3) is 5.43. The summed E-state index contributed by atoms with van der Waals surface area (Å²) in [6.07, 6.45) is 2.84. The molecule has 1 N–H and O–H groups in total. The summed E-state index contributed by atoms with van der Waals surface area (Å²) >= 11 is 1.41. The molecule has 4 aromatic rings. The van der Waals surface area contributed by atoms with Crippen LogP contribution in [0.2, 0.25) is 0 Å². The molecule has 3 heterocycles. The Hall–Kier alpha value is -3.93. The lowest BCUT2D eigenvalue weighted by Crippen LogP contribution is -2.11. The average molecular weight is 498 g/mol. The van der Waals surface area contributed by atoms with Gasteiger partial charge in [-0.25, -0.2) is 19.3 Å². The van der Waals surface area contributed by atoms with E-state index in [0.29, 0.717) is 52.8 Å². The van der Waals surface area contributed by atoms with Gasteiger partial charge in [0, 0.05) is 17.7 Å². The van der Waals surface area contributed by atoms with Crippen LogP contribution in [-0.4, -0.2) is 56.3 Å². The fourth-order valence-electron chi connectivity index (χ4n) is 3.33. The van der Waals surface area contributed by atoms with Gasteiger partial charge in [-0.2, -0.15) is 0 Å². The molecule has 12 heteroatoms. The minimum atomic E-state index is -0.468. The molecule has 182 valence electrons. The predicted molar refractivity (Wildman–Crippen MR) is 131 cm³/mol. The van der Waals surface area contributed by atoms with Crippen LogP contribution in [0.1, 0.15) is 12.7 Å². The summed E-state index contributed by atoms with van der Waals surface area (Å²) in [4.78, 5) is 12.6. The molecule has 0 radical (unpaired) electrons. The zero-order chi connectivity index (χ0) is 24.8. The standard InChI is InChI=1S/C23H24FN7O3S/c1-14(11-19-25-12-15(24)13-26-19)35-30-23-29-28-22(16-7-5-10-20(27-16)34-4)31(23)21-17(32-2)8-6-9-18(21)33-3/h5-10,12-14H,11H2,1-4H3,(H,29,30). The maximum atomic E-state index is 13.1. The topological polar surface area (TPSA) is 109 Å². The summed E-state index contributed by atoms with van der Waals surface area (Å²) < 4.78 is 34.7. The predicted octanol–water partition coefficient (Wildman–Crippen LogP) is 3.98. The van der Waals surface area contributed by atoms with Gasteiger partial charge in [0.25, 0.3) is 0 Å². The van der Waals surface area contributed by atoms with Gasteiger partial charge in [0.2, 0.25) is 11.8 Å². The monoisotopic (exact) mass is 497 g/mol. The molecule has 0 fully saturated rings. The number of hydrogen-bond acceptors (Lipinski definition) is 10. The quantitative estimate of drug-likeness (QED) is 0.323. The van der Waals surface area contributed by atoms with E-state index < -0.39 is 5.82 Å². The number of nitrogens with one attached hydrogen (secondary N) is 1. The highest BCUT2D eigenvalue weighted by Crippen LogP contribution is 2.38.